The molecule has 3 aromatic carbocycles. The Morgan fingerprint density at radius 1 is 0.792 bits per heavy atom. The van der Waals surface area contributed by atoms with E-state index < -0.39 is 12.2 Å². The zero-order valence-electron chi connectivity index (χ0n) is 27.0. The van der Waals surface area contributed by atoms with Crippen molar-refractivity contribution in [2.75, 3.05) is 0 Å². The van der Waals surface area contributed by atoms with Crippen LogP contribution in [0.5, 0.6) is 0 Å². The molecule has 9 rings (SSSR count). The van der Waals surface area contributed by atoms with Crippen molar-refractivity contribution in [1.29, 1.82) is 0 Å². The highest BCUT2D eigenvalue weighted by atomic mass is 16.6. The molecule has 2 aliphatic carbocycles. The van der Waals surface area contributed by atoms with Crippen LogP contribution < -0.4 is 11.1 Å². The molecular formula is C38H39N7O3. The Bertz CT molecular complexity index is 2040. The number of carbonyl (C=O) groups excluding carboxylic acids is 2. The number of H-pyrrole nitrogens is 2. The van der Waals surface area contributed by atoms with Crippen LogP contribution in [0.25, 0.3) is 44.4 Å². The predicted octanol–water partition coefficient (Wildman–Crippen LogP) is 6.49. The molecule has 5 N–H and O–H groups in total. The smallest absolute Gasteiger partial charge is 0.405 e. The molecule has 0 radical (unpaired) electrons. The number of rotatable bonds is 8. The molecule has 4 aliphatic rings. The number of imidazole rings is 2. The summed E-state index contributed by atoms with van der Waals surface area (Å²) >= 11 is 0. The molecular weight excluding hydrogens is 602 g/mol. The molecule has 2 amide bonds. The SMILES string of the molecule is CC(C)[C@H](OC(N)=O)C(=O)N1[C@@H]2C[C@@H]2C[C@H]1c1ncc(-c2ccc(-c3ccc4cc(-c5cnc([C@@H]6C[C@H]7C[C@H]7N6)[nH]5)ccc4c3)cc2)[nH]1. The molecule has 4 heterocycles. The van der Waals surface area contributed by atoms with Crippen molar-refractivity contribution >= 4 is 22.8 Å². The summed E-state index contributed by atoms with van der Waals surface area (Å²) in [7, 11) is 0. The lowest BCUT2D eigenvalue weighted by atomic mass is 9.98. The minimum atomic E-state index is -0.932. The van der Waals surface area contributed by atoms with Gasteiger partial charge in [-0.25, -0.2) is 14.8 Å². The molecule has 2 aromatic heterocycles. The lowest BCUT2D eigenvalue weighted by molar-refractivity contribution is -0.144. The van der Waals surface area contributed by atoms with Crippen LogP contribution in [0.3, 0.4) is 0 Å². The average Bonchev–Trinajstić information content (AvgIpc) is 3.65. The summed E-state index contributed by atoms with van der Waals surface area (Å²) in [6.07, 6.45) is 6.26. The number of benzene rings is 3. The largest absolute Gasteiger partial charge is 0.436 e. The van der Waals surface area contributed by atoms with Gasteiger partial charge in [0, 0.05) is 17.6 Å². The number of fused-ring (bicyclic) bond motifs is 3. The molecule has 0 unspecified atom stereocenters. The van der Waals surface area contributed by atoms with E-state index >= 15 is 0 Å². The molecule has 4 fully saturated rings. The number of ether oxygens (including phenoxy) is 1. The van der Waals surface area contributed by atoms with Gasteiger partial charge in [0.1, 0.15) is 11.6 Å². The second-order valence-electron chi connectivity index (χ2n) is 14.4. The summed E-state index contributed by atoms with van der Waals surface area (Å²) in [5, 5.41) is 6.05. The third-order valence-corrected chi connectivity index (χ3v) is 10.8. The zero-order chi connectivity index (χ0) is 32.7. The molecule has 7 atom stereocenters. The van der Waals surface area contributed by atoms with Crippen LogP contribution in [0, 0.1) is 17.8 Å². The molecule has 2 aliphatic heterocycles. The highest BCUT2D eigenvalue weighted by Gasteiger charge is 2.56. The molecule has 2 saturated heterocycles. The van der Waals surface area contributed by atoms with E-state index in [2.05, 4.69) is 75.9 Å². The monoisotopic (exact) mass is 641 g/mol. The van der Waals surface area contributed by atoms with Gasteiger partial charge in [0.15, 0.2) is 6.10 Å². The highest BCUT2D eigenvalue weighted by molar-refractivity contribution is 5.90. The number of aromatic nitrogens is 4. The van der Waals surface area contributed by atoms with E-state index in [4.69, 9.17) is 20.4 Å². The highest BCUT2D eigenvalue weighted by Crippen LogP contribution is 2.53. The number of amides is 2. The van der Waals surface area contributed by atoms with E-state index in [1.165, 1.54) is 23.6 Å². The van der Waals surface area contributed by atoms with Gasteiger partial charge in [0.25, 0.3) is 5.91 Å². The van der Waals surface area contributed by atoms with Gasteiger partial charge in [-0.3, -0.25) is 4.79 Å². The van der Waals surface area contributed by atoms with Crippen molar-refractivity contribution in [2.45, 2.75) is 69.8 Å². The predicted molar refractivity (Wildman–Crippen MR) is 182 cm³/mol. The maximum absolute atomic E-state index is 13.6. The number of piperidine rings is 2. The van der Waals surface area contributed by atoms with Crippen LogP contribution in [0.2, 0.25) is 0 Å². The first-order chi connectivity index (χ1) is 23.3. The van der Waals surface area contributed by atoms with Gasteiger partial charge in [-0.05, 0) is 83.0 Å². The molecule has 2 saturated carbocycles. The van der Waals surface area contributed by atoms with E-state index in [9.17, 15) is 9.59 Å². The Morgan fingerprint density at radius 3 is 2.15 bits per heavy atom. The Kier molecular flexibility index (Phi) is 6.72. The first kappa shape index (κ1) is 29.2. The summed E-state index contributed by atoms with van der Waals surface area (Å²) in [6.45, 7) is 3.72. The van der Waals surface area contributed by atoms with E-state index in [1.54, 1.807) is 0 Å². The van der Waals surface area contributed by atoms with Crippen molar-refractivity contribution in [3.8, 4) is 33.6 Å². The van der Waals surface area contributed by atoms with Crippen LogP contribution in [-0.4, -0.2) is 55.0 Å². The lowest BCUT2D eigenvalue weighted by Crippen LogP contribution is -2.46. The van der Waals surface area contributed by atoms with Crippen molar-refractivity contribution in [3.63, 3.8) is 0 Å². The maximum atomic E-state index is 13.6. The number of hydrogen-bond acceptors (Lipinski definition) is 6. The number of hydrogen-bond donors (Lipinski definition) is 4. The molecule has 0 spiro atoms. The van der Waals surface area contributed by atoms with Crippen LogP contribution in [-0.2, 0) is 9.53 Å². The summed E-state index contributed by atoms with van der Waals surface area (Å²) in [4.78, 5) is 43.4. The van der Waals surface area contributed by atoms with Crippen molar-refractivity contribution < 1.29 is 14.3 Å². The van der Waals surface area contributed by atoms with E-state index in [-0.39, 0.29) is 23.9 Å². The molecule has 0 bridgehead atoms. The van der Waals surface area contributed by atoms with Crippen LogP contribution in [0.15, 0.2) is 73.1 Å². The average molecular weight is 642 g/mol. The van der Waals surface area contributed by atoms with Gasteiger partial charge in [-0.15, -0.1) is 0 Å². The third-order valence-electron chi connectivity index (χ3n) is 10.8. The number of aromatic amines is 2. The second kappa shape index (κ2) is 11.1. The second-order valence-corrected chi connectivity index (χ2v) is 14.4. The number of nitrogens with zero attached hydrogens (tertiary/aromatic N) is 3. The molecule has 5 aromatic rings. The van der Waals surface area contributed by atoms with Crippen molar-refractivity contribution in [1.82, 2.24) is 30.2 Å². The number of nitrogens with two attached hydrogens (primary N) is 1. The standard InChI is InChI=1S/C38H39N7O3/c1-19(2)34(48-38(39)47)37(46)45-32-15-27(32)16-33(45)36-41-17-30(44-36)21-5-3-20(4-6-21)22-7-8-24-12-25(10-9-23(24)11-22)31-18-40-35(43-31)29-14-26-13-28(26)42-29/h3-12,17-19,26-29,32-34,42H,13-16H2,1-2H3,(H2,39,47)(H,40,43)(H,41,44)/t26-,27-,28-,29+,32-,33+,34+/m1/s1. The quantitative estimate of drug-likeness (QED) is 0.153. The van der Waals surface area contributed by atoms with Crippen molar-refractivity contribution in [2.24, 2.45) is 23.5 Å². The zero-order valence-corrected chi connectivity index (χ0v) is 27.0. The van der Waals surface area contributed by atoms with Gasteiger partial charge in [0.2, 0.25) is 0 Å². The Labute approximate surface area is 278 Å². The van der Waals surface area contributed by atoms with E-state index in [1.807, 2.05) is 31.1 Å². The van der Waals surface area contributed by atoms with Gasteiger partial charge in [-0.2, -0.15) is 0 Å². The molecule has 10 nitrogen and oxygen atoms in total. The van der Waals surface area contributed by atoms with Gasteiger partial charge < -0.3 is 30.7 Å². The third kappa shape index (κ3) is 5.15. The first-order valence-corrected chi connectivity index (χ1v) is 17.1. The van der Waals surface area contributed by atoms with E-state index in [0.29, 0.717) is 18.0 Å². The number of carbonyl (C=O) groups is 2. The topological polar surface area (TPSA) is 142 Å². The van der Waals surface area contributed by atoms with E-state index in [0.717, 1.165) is 64.1 Å². The van der Waals surface area contributed by atoms with Crippen LogP contribution >= 0.6 is 0 Å². The summed E-state index contributed by atoms with van der Waals surface area (Å²) in [5.74, 6) is 2.69. The number of nitrogens with one attached hydrogen (secondary N) is 3. The summed E-state index contributed by atoms with van der Waals surface area (Å²) in [6, 6.07) is 22.6. The summed E-state index contributed by atoms with van der Waals surface area (Å²) < 4.78 is 5.24. The fourth-order valence-electron chi connectivity index (χ4n) is 8.04. The lowest BCUT2D eigenvalue weighted by Gasteiger charge is -2.31. The minimum absolute atomic E-state index is 0.157. The fraction of sp³-hybridized carbons (Fsp3) is 0.368. The number of likely N-dealkylation sites (tertiary alicyclic amines) is 1. The van der Waals surface area contributed by atoms with Gasteiger partial charge >= 0.3 is 6.09 Å². The maximum Gasteiger partial charge on any atom is 0.405 e. The van der Waals surface area contributed by atoms with Crippen LogP contribution in [0.1, 0.15) is 63.3 Å². The Balaban J connectivity index is 0.904. The number of primary amides is 1. The van der Waals surface area contributed by atoms with Crippen molar-refractivity contribution in [3.05, 3.63) is 84.7 Å². The molecule has 244 valence electrons. The normalized spacial score (nSPS) is 26.0. The van der Waals surface area contributed by atoms with Gasteiger partial charge in [-0.1, -0.05) is 62.4 Å². The Hall–Kier alpha value is -4.96. The summed E-state index contributed by atoms with van der Waals surface area (Å²) in [5.41, 5.74) is 11.7. The Morgan fingerprint density at radius 2 is 1.44 bits per heavy atom. The first-order valence-electron chi connectivity index (χ1n) is 17.1. The van der Waals surface area contributed by atoms with Gasteiger partial charge in [0.05, 0.1) is 35.9 Å². The van der Waals surface area contributed by atoms with Crippen LogP contribution in [0.4, 0.5) is 4.79 Å². The molecule has 10 heteroatoms. The minimum Gasteiger partial charge on any atom is -0.436 e. The fourth-order valence-corrected chi connectivity index (χ4v) is 8.04. The molecule has 48 heavy (non-hydrogen) atoms.